The van der Waals surface area contributed by atoms with E-state index in [-0.39, 0.29) is 0 Å². The van der Waals surface area contributed by atoms with Crippen LogP contribution >= 0.6 is 0 Å². The van der Waals surface area contributed by atoms with Gasteiger partial charge in [-0.3, -0.25) is 0 Å². The van der Waals surface area contributed by atoms with Crippen molar-refractivity contribution in [1.29, 1.82) is 0 Å². The zero-order chi connectivity index (χ0) is 7.40. The molecule has 0 aromatic heterocycles. The lowest BCUT2D eigenvalue weighted by atomic mass is 10.4. The lowest BCUT2D eigenvalue weighted by Gasteiger charge is -2.06. The molecule has 0 aromatic carbocycles. The van der Waals surface area contributed by atoms with E-state index in [1.54, 1.807) is 0 Å². The van der Waals surface area contributed by atoms with Crippen LogP contribution in [0.15, 0.2) is 24.1 Å². The Morgan fingerprint density at radius 3 is 3.20 bits per heavy atom. The van der Waals surface area contributed by atoms with E-state index in [1.165, 1.54) is 0 Å². The molecule has 2 heteroatoms. The van der Waals surface area contributed by atoms with Gasteiger partial charge in [0.05, 0.1) is 0 Å². The predicted molar refractivity (Wildman–Crippen MR) is 41.5 cm³/mol. The van der Waals surface area contributed by atoms with Crippen LogP contribution in [0, 0.1) is 0 Å². The first-order valence-corrected chi connectivity index (χ1v) is 3.50. The van der Waals surface area contributed by atoms with Crippen molar-refractivity contribution in [3.05, 3.63) is 24.1 Å². The van der Waals surface area contributed by atoms with E-state index in [0.717, 1.165) is 24.4 Å². The predicted octanol–water partition coefficient (Wildman–Crippen LogP) is 1.41. The van der Waals surface area contributed by atoms with Gasteiger partial charge in [-0.15, -0.1) is 0 Å². The van der Waals surface area contributed by atoms with Gasteiger partial charge in [0, 0.05) is 6.54 Å². The highest BCUT2D eigenvalue weighted by Gasteiger charge is 2.02. The summed E-state index contributed by atoms with van der Waals surface area (Å²) in [6.07, 6.45) is 3.13. The molecule has 1 aliphatic heterocycles. The molecule has 1 aliphatic rings. The summed E-state index contributed by atoms with van der Waals surface area (Å²) in [6.45, 7) is 7.32. The summed E-state index contributed by atoms with van der Waals surface area (Å²) < 4.78 is 5.31. The molecule has 0 bridgehead atoms. The highest BCUT2D eigenvalue weighted by molar-refractivity contribution is 4.99. The zero-order valence-electron chi connectivity index (χ0n) is 6.31. The van der Waals surface area contributed by atoms with Crippen molar-refractivity contribution in [1.82, 2.24) is 5.32 Å². The smallest absolute Gasteiger partial charge is 0.182 e. The Morgan fingerprint density at radius 1 is 1.90 bits per heavy atom. The van der Waals surface area contributed by atoms with Crippen LogP contribution in [-0.4, -0.2) is 13.2 Å². The number of hydrogen-bond acceptors (Lipinski definition) is 2. The van der Waals surface area contributed by atoms with Crippen molar-refractivity contribution in [2.45, 2.75) is 13.3 Å². The first-order valence-electron chi connectivity index (χ1n) is 3.50. The third kappa shape index (κ3) is 2.13. The maximum absolute atomic E-state index is 5.31. The van der Waals surface area contributed by atoms with E-state index >= 15 is 0 Å². The normalized spacial score (nSPS) is 15.9. The van der Waals surface area contributed by atoms with Crippen LogP contribution in [0.2, 0.25) is 0 Å². The van der Waals surface area contributed by atoms with Crippen LogP contribution in [0.1, 0.15) is 13.3 Å². The van der Waals surface area contributed by atoms with Gasteiger partial charge in [-0.1, -0.05) is 6.58 Å². The zero-order valence-corrected chi connectivity index (χ0v) is 6.31. The Balaban J connectivity index is 2.19. The van der Waals surface area contributed by atoms with Gasteiger partial charge in [-0.05, 0) is 25.0 Å². The van der Waals surface area contributed by atoms with Crippen molar-refractivity contribution < 1.29 is 4.74 Å². The molecule has 56 valence electrons. The van der Waals surface area contributed by atoms with Gasteiger partial charge in [0.25, 0.3) is 0 Å². The molecule has 0 fully saturated rings. The van der Waals surface area contributed by atoms with Gasteiger partial charge in [0.1, 0.15) is 6.61 Å². The molecule has 0 spiro atoms. The van der Waals surface area contributed by atoms with Gasteiger partial charge in [0.2, 0.25) is 0 Å². The maximum atomic E-state index is 5.31. The fraction of sp³-hybridized carbons (Fsp3) is 0.500. The van der Waals surface area contributed by atoms with Crippen molar-refractivity contribution in [2.75, 3.05) is 13.2 Å². The lowest BCUT2D eigenvalue weighted by Crippen LogP contribution is -2.10. The summed E-state index contributed by atoms with van der Waals surface area (Å²) in [5.74, 6) is 0.906. The molecule has 0 atom stereocenters. The fourth-order valence-corrected chi connectivity index (χ4v) is 0.782. The molecule has 0 radical (unpaired) electrons. The molecule has 1 N–H and O–H groups in total. The van der Waals surface area contributed by atoms with Crippen LogP contribution in [0.5, 0.6) is 0 Å². The number of ether oxygens (including phenoxy) is 1. The first kappa shape index (κ1) is 7.19. The topological polar surface area (TPSA) is 21.3 Å². The van der Waals surface area contributed by atoms with Crippen LogP contribution in [0.3, 0.4) is 0 Å². The third-order valence-corrected chi connectivity index (χ3v) is 1.25. The standard InChI is InChI=1S/C8H13NO/c1-7(2)6-10-8-4-3-5-9-8/h4,9H,1,3,5-6H2,2H3. The second kappa shape index (κ2) is 3.30. The van der Waals surface area contributed by atoms with Crippen molar-refractivity contribution in [3.63, 3.8) is 0 Å². The number of rotatable bonds is 3. The molecule has 0 amide bonds. The molecule has 0 saturated carbocycles. The number of hydrogen-bond donors (Lipinski definition) is 1. The molecule has 2 nitrogen and oxygen atoms in total. The Morgan fingerprint density at radius 2 is 2.70 bits per heavy atom. The SMILES string of the molecule is C=C(C)COC1=CCCN1. The molecule has 0 saturated heterocycles. The van der Waals surface area contributed by atoms with Crippen LogP contribution < -0.4 is 5.32 Å². The Kier molecular flexibility index (Phi) is 2.37. The van der Waals surface area contributed by atoms with E-state index in [4.69, 9.17) is 4.74 Å². The molecule has 0 aromatic rings. The molecule has 1 rings (SSSR count). The summed E-state index contributed by atoms with van der Waals surface area (Å²) in [5.41, 5.74) is 1.05. The van der Waals surface area contributed by atoms with E-state index in [1.807, 2.05) is 6.92 Å². The summed E-state index contributed by atoms with van der Waals surface area (Å²) in [5, 5.41) is 3.11. The monoisotopic (exact) mass is 139 g/mol. The minimum atomic E-state index is 0.624. The van der Waals surface area contributed by atoms with Gasteiger partial charge < -0.3 is 10.1 Å². The number of nitrogens with one attached hydrogen (secondary N) is 1. The molecule has 1 heterocycles. The van der Waals surface area contributed by atoms with E-state index in [0.29, 0.717) is 6.61 Å². The maximum Gasteiger partial charge on any atom is 0.182 e. The second-order valence-corrected chi connectivity index (χ2v) is 2.53. The van der Waals surface area contributed by atoms with Crippen molar-refractivity contribution >= 4 is 0 Å². The first-order chi connectivity index (χ1) is 4.79. The molecule has 0 unspecified atom stereocenters. The Labute approximate surface area is 61.6 Å². The average molecular weight is 139 g/mol. The van der Waals surface area contributed by atoms with Crippen LogP contribution in [-0.2, 0) is 4.74 Å². The largest absolute Gasteiger partial charge is 0.475 e. The average Bonchev–Trinajstić information content (AvgIpc) is 2.34. The molecular weight excluding hydrogens is 126 g/mol. The van der Waals surface area contributed by atoms with Crippen LogP contribution in [0.25, 0.3) is 0 Å². The summed E-state index contributed by atoms with van der Waals surface area (Å²) in [6, 6.07) is 0. The Bertz CT molecular complexity index is 161. The second-order valence-electron chi connectivity index (χ2n) is 2.53. The highest BCUT2D eigenvalue weighted by atomic mass is 16.5. The van der Waals surface area contributed by atoms with Crippen LogP contribution in [0.4, 0.5) is 0 Å². The van der Waals surface area contributed by atoms with Crippen molar-refractivity contribution in [2.24, 2.45) is 0 Å². The van der Waals surface area contributed by atoms with Gasteiger partial charge in [0.15, 0.2) is 5.88 Å². The molecular formula is C8H13NO. The van der Waals surface area contributed by atoms with Gasteiger partial charge in [-0.2, -0.15) is 0 Å². The summed E-state index contributed by atoms with van der Waals surface area (Å²) in [4.78, 5) is 0. The lowest BCUT2D eigenvalue weighted by molar-refractivity contribution is 0.222. The summed E-state index contributed by atoms with van der Waals surface area (Å²) in [7, 11) is 0. The fourth-order valence-electron chi connectivity index (χ4n) is 0.782. The Hall–Kier alpha value is -0.920. The van der Waals surface area contributed by atoms with Gasteiger partial charge >= 0.3 is 0 Å². The molecule has 10 heavy (non-hydrogen) atoms. The quantitative estimate of drug-likeness (QED) is 0.597. The van der Waals surface area contributed by atoms with E-state index in [2.05, 4.69) is 18.0 Å². The van der Waals surface area contributed by atoms with E-state index < -0.39 is 0 Å². The highest BCUT2D eigenvalue weighted by Crippen LogP contribution is 2.03. The summed E-state index contributed by atoms with van der Waals surface area (Å²) >= 11 is 0. The minimum Gasteiger partial charge on any atom is -0.475 e. The minimum absolute atomic E-state index is 0.624. The van der Waals surface area contributed by atoms with Gasteiger partial charge in [-0.25, -0.2) is 0 Å². The van der Waals surface area contributed by atoms with E-state index in [9.17, 15) is 0 Å². The third-order valence-electron chi connectivity index (χ3n) is 1.25. The molecule has 0 aliphatic carbocycles. The van der Waals surface area contributed by atoms with Crippen molar-refractivity contribution in [3.8, 4) is 0 Å².